The highest BCUT2D eigenvalue weighted by Crippen LogP contribution is 2.38. The van der Waals surface area contributed by atoms with Gasteiger partial charge in [-0.05, 0) is 47.5 Å². The zero-order chi connectivity index (χ0) is 22.5. The summed E-state index contributed by atoms with van der Waals surface area (Å²) in [5.74, 6) is 2.81. The van der Waals surface area contributed by atoms with Crippen molar-refractivity contribution < 1.29 is 18.6 Å². The Labute approximate surface area is 194 Å². The number of ether oxygens (including phenoxy) is 3. The Hall–Kier alpha value is -3.58. The summed E-state index contributed by atoms with van der Waals surface area (Å²) in [5, 5.41) is 8.53. The molecule has 3 aromatic carbocycles. The third-order valence-electron chi connectivity index (χ3n) is 4.84. The molecule has 0 aliphatic rings. The zero-order valence-electron chi connectivity index (χ0n) is 17.8. The lowest BCUT2D eigenvalue weighted by Crippen LogP contribution is -1.94. The SMILES string of the molecule is COc1ccc(/C=C/c2cc(OC)cc(OC)c2-c2nnc(-c3cccc(Br)c3)o2)cc1. The van der Waals surface area contributed by atoms with Crippen molar-refractivity contribution in [1.29, 1.82) is 0 Å². The molecule has 1 aromatic heterocycles. The van der Waals surface area contributed by atoms with Gasteiger partial charge in [0.05, 0.1) is 26.9 Å². The predicted octanol–water partition coefficient (Wildman–Crippen LogP) is 6.36. The van der Waals surface area contributed by atoms with E-state index in [4.69, 9.17) is 18.6 Å². The van der Waals surface area contributed by atoms with E-state index in [1.54, 1.807) is 27.4 Å². The highest BCUT2D eigenvalue weighted by atomic mass is 79.9. The molecule has 0 aliphatic heterocycles. The van der Waals surface area contributed by atoms with Crippen LogP contribution < -0.4 is 14.2 Å². The first-order chi connectivity index (χ1) is 15.6. The Bertz CT molecular complexity index is 1250. The normalized spacial score (nSPS) is 11.0. The van der Waals surface area contributed by atoms with Crippen molar-refractivity contribution in [2.75, 3.05) is 21.3 Å². The van der Waals surface area contributed by atoms with E-state index < -0.39 is 0 Å². The lowest BCUT2D eigenvalue weighted by atomic mass is 10.0. The number of hydrogen-bond donors (Lipinski definition) is 0. The van der Waals surface area contributed by atoms with Gasteiger partial charge in [0.2, 0.25) is 5.89 Å². The van der Waals surface area contributed by atoms with Crippen LogP contribution in [0, 0.1) is 0 Å². The fourth-order valence-corrected chi connectivity index (χ4v) is 3.61. The number of rotatable bonds is 7. The largest absolute Gasteiger partial charge is 0.497 e. The zero-order valence-corrected chi connectivity index (χ0v) is 19.4. The summed E-state index contributed by atoms with van der Waals surface area (Å²) >= 11 is 3.47. The molecular formula is C25H21BrN2O4. The minimum Gasteiger partial charge on any atom is -0.497 e. The molecule has 32 heavy (non-hydrogen) atoms. The maximum atomic E-state index is 6.04. The van der Waals surface area contributed by atoms with Crippen molar-refractivity contribution >= 4 is 28.1 Å². The van der Waals surface area contributed by atoms with E-state index in [9.17, 15) is 0 Å². The molecule has 0 saturated heterocycles. The quantitative estimate of drug-likeness (QED) is 0.279. The van der Waals surface area contributed by atoms with E-state index in [2.05, 4.69) is 26.1 Å². The van der Waals surface area contributed by atoms with Crippen LogP contribution >= 0.6 is 15.9 Å². The molecule has 0 bridgehead atoms. The Morgan fingerprint density at radius 3 is 2.22 bits per heavy atom. The first-order valence-electron chi connectivity index (χ1n) is 9.79. The topological polar surface area (TPSA) is 66.6 Å². The fourth-order valence-electron chi connectivity index (χ4n) is 3.21. The van der Waals surface area contributed by atoms with E-state index in [1.807, 2.05) is 66.7 Å². The molecular weight excluding hydrogens is 472 g/mol. The molecule has 4 aromatic rings. The van der Waals surface area contributed by atoms with E-state index in [0.29, 0.717) is 28.8 Å². The second kappa shape index (κ2) is 9.70. The second-order valence-corrected chi connectivity index (χ2v) is 7.74. The number of aromatic nitrogens is 2. The first-order valence-corrected chi connectivity index (χ1v) is 10.6. The van der Waals surface area contributed by atoms with E-state index in [0.717, 1.165) is 26.9 Å². The average molecular weight is 493 g/mol. The third kappa shape index (κ3) is 4.68. The van der Waals surface area contributed by atoms with Crippen molar-refractivity contribution in [2.45, 2.75) is 0 Å². The van der Waals surface area contributed by atoms with E-state index >= 15 is 0 Å². The van der Waals surface area contributed by atoms with Crippen LogP contribution in [0.1, 0.15) is 11.1 Å². The molecule has 4 rings (SSSR count). The summed E-state index contributed by atoms with van der Waals surface area (Å²) in [6, 6.07) is 19.2. The van der Waals surface area contributed by atoms with Crippen LogP contribution in [0.3, 0.4) is 0 Å². The van der Waals surface area contributed by atoms with Gasteiger partial charge < -0.3 is 18.6 Å². The molecule has 0 spiro atoms. The van der Waals surface area contributed by atoms with Crippen LogP contribution in [-0.2, 0) is 0 Å². The Balaban J connectivity index is 1.78. The predicted molar refractivity (Wildman–Crippen MR) is 128 cm³/mol. The molecule has 0 atom stereocenters. The van der Waals surface area contributed by atoms with Crippen LogP contribution in [0.4, 0.5) is 0 Å². The Morgan fingerprint density at radius 2 is 1.53 bits per heavy atom. The van der Waals surface area contributed by atoms with Crippen LogP contribution in [0.5, 0.6) is 17.2 Å². The second-order valence-electron chi connectivity index (χ2n) is 6.82. The number of halogens is 1. The molecule has 0 radical (unpaired) electrons. The highest BCUT2D eigenvalue weighted by molar-refractivity contribution is 9.10. The van der Waals surface area contributed by atoms with Crippen molar-refractivity contribution in [3.05, 3.63) is 76.3 Å². The molecule has 0 N–H and O–H groups in total. The van der Waals surface area contributed by atoms with Gasteiger partial charge in [0, 0.05) is 16.1 Å². The van der Waals surface area contributed by atoms with Gasteiger partial charge in [0.15, 0.2) is 0 Å². The molecule has 1 heterocycles. The third-order valence-corrected chi connectivity index (χ3v) is 5.34. The van der Waals surface area contributed by atoms with Gasteiger partial charge in [-0.2, -0.15) is 0 Å². The molecule has 0 aliphatic carbocycles. The van der Waals surface area contributed by atoms with Gasteiger partial charge in [-0.15, -0.1) is 10.2 Å². The molecule has 0 unspecified atom stereocenters. The Kier molecular flexibility index (Phi) is 6.56. The minimum atomic E-state index is 0.355. The van der Waals surface area contributed by atoms with Gasteiger partial charge >= 0.3 is 0 Å². The molecule has 0 saturated carbocycles. The molecule has 7 heteroatoms. The molecule has 162 valence electrons. The lowest BCUT2D eigenvalue weighted by Gasteiger charge is -2.11. The number of methoxy groups -OCH3 is 3. The summed E-state index contributed by atoms with van der Waals surface area (Å²) in [7, 11) is 4.86. The van der Waals surface area contributed by atoms with Crippen molar-refractivity contribution in [3.8, 4) is 40.2 Å². The summed E-state index contributed by atoms with van der Waals surface area (Å²) in [4.78, 5) is 0. The van der Waals surface area contributed by atoms with Crippen LogP contribution in [-0.4, -0.2) is 31.5 Å². The smallest absolute Gasteiger partial charge is 0.252 e. The van der Waals surface area contributed by atoms with Crippen LogP contribution in [0.25, 0.3) is 35.1 Å². The van der Waals surface area contributed by atoms with Gasteiger partial charge in [-0.25, -0.2) is 0 Å². The maximum Gasteiger partial charge on any atom is 0.252 e. The molecule has 0 amide bonds. The number of hydrogen-bond acceptors (Lipinski definition) is 6. The summed E-state index contributed by atoms with van der Waals surface area (Å²) in [6.07, 6.45) is 3.95. The standard InChI is InChI=1S/C25H21BrN2O4/c1-29-20-11-8-16(9-12-20)7-10-17-14-21(30-2)15-22(31-3)23(17)25-28-27-24(32-25)18-5-4-6-19(26)13-18/h4-15H,1-3H3/b10-7+. The van der Waals surface area contributed by atoms with E-state index in [1.165, 1.54) is 0 Å². The lowest BCUT2D eigenvalue weighted by molar-refractivity contribution is 0.394. The summed E-state index contributed by atoms with van der Waals surface area (Å²) in [6.45, 7) is 0. The van der Waals surface area contributed by atoms with E-state index in [-0.39, 0.29) is 0 Å². The first kappa shape index (κ1) is 21.6. The highest BCUT2D eigenvalue weighted by Gasteiger charge is 2.19. The van der Waals surface area contributed by atoms with Crippen molar-refractivity contribution in [3.63, 3.8) is 0 Å². The van der Waals surface area contributed by atoms with Crippen molar-refractivity contribution in [2.24, 2.45) is 0 Å². The molecule has 6 nitrogen and oxygen atoms in total. The summed E-state index contributed by atoms with van der Waals surface area (Å²) in [5.41, 5.74) is 3.34. The Morgan fingerprint density at radius 1 is 0.781 bits per heavy atom. The monoisotopic (exact) mass is 492 g/mol. The number of nitrogens with zero attached hydrogens (tertiary/aromatic N) is 2. The average Bonchev–Trinajstić information content (AvgIpc) is 3.32. The van der Waals surface area contributed by atoms with Crippen molar-refractivity contribution in [1.82, 2.24) is 10.2 Å². The van der Waals surface area contributed by atoms with Gasteiger partial charge in [-0.3, -0.25) is 0 Å². The van der Waals surface area contributed by atoms with Crippen LogP contribution in [0.15, 0.2) is 69.6 Å². The van der Waals surface area contributed by atoms with Gasteiger partial charge in [0.25, 0.3) is 5.89 Å². The maximum absolute atomic E-state index is 6.04. The molecule has 0 fully saturated rings. The summed E-state index contributed by atoms with van der Waals surface area (Å²) < 4.78 is 23.3. The minimum absolute atomic E-state index is 0.355. The van der Waals surface area contributed by atoms with Gasteiger partial charge in [0.1, 0.15) is 17.2 Å². The van der Waals surface area contributed by atoms with Crippen LogP contribution in [0.2, 0.25) is 0 Å². The number of benzene rings is 3. The fraction of sp³-hybridized carbons (Fsp3) is 0.120. The van der Waals surface area contributed by atoms with Gasteiger partial charge in [-0.1, -0.05) is 46.3 Å².